The van der Waals surface area contributed by atoms with Crippen molar-refractivity contribution in [1.29, 1.82) is 0 Å². The highest BCUT2D eigenvalue weighted by atomic mass is 35.5. The summed E-state index contributed by atoms with van der Waals surface area (Å²) in [6, 6.07) is 12.1. The van der Waals surface area contributed by atoms with Crippen LogP contribution in [-0.2, 0) is 0 Å². The van der Waals surface area contributed by atoms with E-state index in [9.17, 15) is 10.1 Å². The van der Waals surface area contributed by atoms with E-state index in [1.54, 1.807) is 18.2 Å². The van der Waals surface area contributed by atoms with Gasteiger partial charge in [-0.05, 0) is 31.5 Å². The summed E-state index contributed by atoms with van der Waals surface area (Å²) in [7, 11) is 0. The largest absolute Gasteiger partial charge is 0.378 e. The van der Waals surface area contributed by atoms with Crippen LogP contribution < -0.4 is 5.32 Å². The van der Waals surface area contributed by atoms with Gasteiger partial charge in [0.05, 0.1) is 16.5 Å². The van der Waals surface area contributed by atoms with E-state index in [2.05, 4.69) is 5.32 Å². The number of halogens is 1. The van der Waals surface area contributed by atoms with Gasteiger partial charge in [0.25, 0.3) is 5.69 Å². The van der Waals surface area contributed by atoms with Crippen LogP contribution in [0.3, 0.4) is 0 Å². The summed E-state index contributed by atoms with van der Waals surface area (Å²) in [6.07, 6.45) is 0. The molecule has 20 heavy (non-hydrogen) atoms. The van der Waals surface area contributed by atoms with Crippen molar-refractivity contribution in [2.24, 2.45) is 0 Å². The fourth-order valence-electron chi connectivity index (χ4n) is 2.08. The number of aryl methyl sites for hydroxylation is 1. The van der Waals surface area contributed by atoms with Crippen molar-refractivity contribution in [1.82, 2.24) is 0 Å². The van der Waals surface area contributed by atoms with E-state index < -0.39 is 0 Å². The summed E-state index contributed by atoms with van der Waals surface area (Å²) in [4.78, 5) is 10.7. The van der Waals surface area contributed by atoms with Crippen LogP contribution in [0.25, 0.3) is 0 Å². The Morgan fingerprint density at radius 2 is 1.95 bits per heavy atom. The third-order valence-corrected chi connectivity index (χ3v) is 3.41. The highest BCUT2D eigenvalue weighted by Gasteiger charge is 2.18. The number of nitrogens with one attached hydrogen (secondary N) is 1. The molecule has 0 saturated heterocycles. The Bertz CT molecular complexity index is 644. The van der Waals surface area contributed by atoms with Crippen LogP contribution in [0.2, 0.25) is 5.02 Å². The van der Waals surface area contributed by atoms with E-state index in [1.807, 2.05) is 32.0 Å². The molecular formula is C15H15ClN2O2. The Morgan fingerprint density at radius 1 is 1.25 bits per heavy atom. The molecule has 0 aliphatic heterocycles. The van der Waals surface area contributed by atoms with Crippen molar-refractivity contribution in [3.8, 4) is 0 Å². The molecule has 2 aromatic rings. The Hall–Kier alpha value is -2.07. The summed E-state index contributed by atoms with van der Waals surface area (Å²) in [6.45, 7) is 3.85. The second kappa shape index (κ2) is 5.92. The van der Waals surface area contributed by atoms with Gasteiger partial charge in [-0.15, -0.1) is 0 Å². The van der Waals surface area contributed by atoms with Crippen molar-refractivity contribution in [2.75, 3.05) is 5.32 Å². The maximum atomic E-state index is 11.1. The average Bonchev–Trinajstić information content (AvgIpc) is 2.42. The second-order valence-corrected chi connectivity index (χ2v) is 5.08. The number of rotatable bonds is 4. The molecule has 4 nitrogen and oxygen atoms in total. The third kappa shape index (κ3) is 3.08. The number of hydrogen-bond donors (Lipinski definition) is 1. The molecule has 1 atom stereocenters. The van der Waals surface area contributed by atoms with Gasteiger partial charge in [-0.1, -0.05) is 35.9 Å². The normalized spacial score (nSPS) is 11.9. The topological polar surface area (TPSA) is 55.2 Å². The Kier molecular flexibility index (Phi) is 4.25. The van der Waals surface area contributed by atoms with Gasteiger partial charge in [-0.25, -0.2) is 0 Å². The lowest BCUT2D eigenvalue weighted by Crippen LogP contribution is -2.09. The lowest BCUT2D eigenvalue weighted by atomic mass is 10.1. The van der Waals surface area contributed by atoms with Crippen molar-refractivity contribution in [2.45, 2.75) is 19.9 Å². The minimum absolute atomic E-state index is 0.118. The van der Waals surface area contributed by atoms with Crippen LogP contribution in [0.5, 0.6) is 0 Å². The van der Waals surface area contributed by atoms with Crippen LogP contribution >= 0.6 is 11.6 Å². The van der Waals surface area contributed by atoms with Crippen molar-refractivity contribution < 1.29 is 4.92 Å². The standard InChI is InChI=1S/C15H15ClN2O2/c1-10-7-8-12(16)9-14(10)17-11(2)13-5-3-4-6-15(13)18(19)20/h3-9,11,17H,1-2H3. The zero-order valence-corrected chi connectivity index (χ0v) is 12.0. The zero-order chi connectivity index (χ0) is 14.7. The van der Waals surface area contributed by atoms with Gasteiger partial charge < -0.3 is 5.32 Å². The molecule has 0 aromatic heterocycles. The van der Waals surface area contributed by atoms with Gasteiger partial charge in [-0.2, -0.15) is 0 Å². The Balaban J connectivity index is 2.31. The van der Waals surface area contributed by atoms with E-state index >= 15 is 0 Å². The molecule has 0 heterocycles. The average molecular weight is 291 g/mol. The quantitative estimate of drug-likeness (QED) is 0.654. The summed E-state index contributed by atoms with van der Waals surface area (Å²) in [5.41, 5.74) is 2.69. The number of nitrogens with zero attached hydrogens (tertiary/aromatic N) is 1. The van der Waals surface area contributed by atoms with Crippen LogP contribution in [0.15, 0.2) is 42.5 Å². The monoisotopic (exact) mass is 290 g/mol. The molecule has 0 spiro atoms. The molecule has 0 aliphatic carbocycles. The predicted octanol–water partition coefficient (Wildman–Crippen LogP) is 4.73. The predicted molar refractivity (Wildman–Crippen MR) is 81.3 cm³/mol. The molecular weight excluding hydrogens is 276 g/mol. The Labute approximate surface area is 122 Å². The number of para-hydroxylation sites is 1. The smallest absolute Gasteiger partial charge is 0.274 e. The van der Waals surface area contributed by atoms with Gasteiger partial charge in [0.15, 0.2) is 0 Å². The molecule has 5 heteroatoms. The fraction of sp³-hybridized carbons (Fsp3) is 0.200. The lowest BCUT2D eigenvalue weighted by molar-refractivity contribution is -0.385. The molecule has 0 fully saturated rings. The van der Waals surface area contributed by atoms with Gasteiger partial charge in [0.2, 0.25) is 0 Å². The first-order chi connectivity index (χ1) is 9.49. The SMILES string of the molecule is Cc1ccc(Cl)cc1NC(C)c1ccccc1[N+](=O)[O-]. The van der Waals surface area contributed by atoms with Crippen LogP contribution in [-0.4, -0.2) is 4.92 Å². The minimum Gasteiger partial charge on any atom is -0.378 e. The van der Waals surface area contributed by atoms with Crippen molar-refractivity contribution >= 4 is 23.0 Å². The molecule has 0 amide bonds. The van der Waals surface area contributed by atoms with E-state index in [4.69, 9.17) is 11.6 Å². The molecule has 1 N–H and O–H groups in total. The molecule has 2 aromatic carbocycles. The van der Waals surface area contributed by atoms with Crippen LogP contribution in [0.1, 0.15) is 24.1 Å². The number of benzene rings is 2. The number of nitro groups is 1. The van der Waals surface area contributed by atoms with Gasteiger partial charge in [-0.3, -0.25) is 10.1 Å². The van der Waals surface area contributed by atoms with Crippen LogP contribution in [0.4, 0.5) is 11.4 Å². The van der Waals surface area contributed by atoms with Crippen molar-refractivity contribution in [3.05, 3.63) is 68.7 Å². The molecule has 104 valence electrons. The first-order valence-electron chi connectivity index (χ1n) is 6.25. The molecule has 0 bridgehead atoms. The van der Waals surface area contributed by atoms with Gasteiger partial charge in [0, 0.05) is 16.8 Å². The highest BCUT2D eigenvalue weighted by Crippen LogP contribution is 2.29. The maximum absolute atomic E-state index is 11.1. The number of nitro benzene ring substituents is 1. The van der Waals surface area contributed by atoms with E-state index in [1.165, 1.54) is 6.07 Å². The van der Waals surface area contributed by atoms with Crippen LogP contribution in [0, 0.1) is 17.0 Å². The Morgan fingerprint density at radius 3 is 2.65 bits per heavy atom. The highest BCUT2D eigenvalue weighted by molar-refractivity contribution is 6.30. The molecule has 0 aliphatic rings. The minimum atomic E-state index is -0.363. The maximum Gasteiger partial charge on any atom is 0.274 e. The first kappa shape index (κ1) is 14.3. The number of hydrogen-bond acceptors (Lipinski definition) is 3. The summed E-state index contributed by atoms with van der Waals surface area (Å²) in [5.74, 6) is 0. The fourth-order valence-corrected chi connectivity index (χ4v) is 2.25. The van der Waals surface area contributed by atoms with E-state index in [0.717, 1.165) is 11.3 Å². The summed E-state index contributed by atoms with van der Waals surface area (Å²) >= 11 is 5.98. The summed E-state index contributed by atoms with van der Waals surface area (Å²) < 4.78 is 0. The van der Waals surface area contributed by atoms with Gasteiger partial charge in [0.1, 0.15) is 0 Å². The molecule has 0 radical (unpaired) electrons. The van der Waals surface area contributed by atoms with Crippen molar-refractivity contribution in [3.63, 3.8) is 0 Å². The molecule has 0 saturated carbocycles. The van der Waals surface area contributed by atoms with E-state index in [-0.39, 0.29) is 16.7 Å². The van der Waals surface area contributed by atoms with Gasteiger partial charge >= 0.3 is 0 Å². The second-order valence-electron chi connectivity index (χ2n) is 4.64. The van der Waals surface area contributed by atoms with E-state index in [0.29, 0.717) is 10.6 Å². The molecule has 2 rings (SSSR count). The summed E-state index contributed by atoms with van der Waals surface area (Å²) in [5, 5.41) is 15.0. The molecule has 1 unspecified atom stereocenters. The zero-order valence-electron chi connectivity index (χ0n) is 11.3. The third-order valence-electron chi connectivity index (χ3n) is 3.17. The first-order valence-corrected chi connectivity index (χ1v) is 6.63. The number of anilines is 1. The lowest BCUT2D eigenvalue weighted by Gasteiger charge is -2.17.